The summed E-state index contributed by atoms with van der Waals surface area (Å²) in [6, 6.07) is 17.0. The molecule has 0 saturated carbocycles. The minimum atomic E-state index is 1.23. The number of aryl methyl sites for hydroxylation is 2. The summed E-state index contributed by atoms with van der Waals surface area (Å²) >= 11 is 0. The van der Waals surface area contributed by atoms with E-state index in [0.717, 1.165) is 0 Å². The van der Waals surface area contributed by atoms with Gasteiger partial charge in [-0.2, -0.15) is 4.57 Å². The van der Waals surface area contributed by atoms with Crippen LogP contribution in [0.4, 0.5) is 0 Å². The van der Waals surface area contributed by atoms with Gasteiger partial charge >= 0.3 is 0 Å². The van der Waals surface area contributed by atoms with Crippen molar-refractivity contribution in [3.8, 4) is 11.4 Å². The molecule has 0 saturated heterocycles. The molecule has 0 spiro atoms. The SMILES string of the molecule is Cn1cccc1-c1ccc2ccccc2[n+]1C. The fourth-order valence-electron chi connectivity index (χ4n) is 2.33. The molecular weight excluding hydrogens is 208 g/mol. The zero-order valence-corrected chi connectivity index (χ0v) is 10.1. The molecule has 0 unspecified atom stereocenters. The van der Waals surface area contributed by atoms with Gasteiger partial charge in [-0.1, -0.05) is 12.1 Å². The van der Waals surface area contributed by atoms with E-state index in [-0.39, 0.29) is 0 Å². The van der Waals surface area contributed by atoms with Crippen LogP contribution in [0.5, 0.6) is 0 Å². The molecule has 3 aromatic rings. The molecule has 0 amide bonds. The van der Waals surface area contributed by atoms with Gasteiger partial charge in [0.1, 0.15) is 12.7 Å². The molecule has 84 valence electrons. The predicted octanol–water partition coefficient (Wildman–Crippen LogP) is 2.67. The van der Waals surface area contributed by atoms with E-state index in [4.69, 9.17) is 0 Å². The Morgan fingerprint density at radius 1 is 0.941 bits per heavy atom. The molecule has 2 aromatic heterocycles. The van der Waals surface area contributed by atoms with Gasteiger partial charge in [-0.3, -0.25) is 0 Å². The molecule has 0 aliphatic heterocycles. The maximum atomic E-state index is 2.24. The van der Waals surface area contributed by atoms with E-state index in [9.17, 15) is 0 Å². The fourth-order valence-corrected chi connectivity index (χ4v) is 2.33. The zero-order chi connectivity index (χ0) is 11.8. The molecule has 2 nitrogen and oxygen atoms in total. The molecule has 0 aliphatic carbocycles. The molecule has 0 N–H and O–H groups in total. The normalized spacial score (nSPS) is 10.9. The van der Waals surface area contributed by atoms with Crippen molar-refractivity contribution in [1.82, 2.24) is 4.57 Å². The van der Waals surface area contributed by atoms with Crippen LogP contribution in [0.2, 0.25) is 0 Å². The van der Waals surface area contributed by atoms with Crippen molar-refractivity contribution in [2.45, 2.75) is 0 Å². The average Bonchev–Trinajstić information content (AvgIpc) is 2.76. The second kappa shape index (κ2) is 3.74. The Labute approximate surface area is 101 Å². The first-order valence-corrected chi connectivity index (χ1v) is 5.77. The lowest BCUT2D eigenvalue weighted by Crippen LogP contribution is -2.32. The van der Waals surface area contributed by atoms with E-state index in [0.29, 0.717) is 0 Å². The lowest BCUT2D eigenvalue weighted by molar-refractivity contribution is -0.633. The number of rotatable bonds is 1. The maximum absolute atomic E-state index is 2.24. The third kappa shape index (κ3) is 1.53. The number of benzene rings is 1. The Kier molecular flexibility index (Phi) is 2.22. The van der Waals surface area contributed by atoms with E-state index in [2.05, 4.69) is 78.0 Å². The number of aromatic nitrogens is 2. The van der Waals surface area contributed by atoms with Gasteiger partial charge < -0.3 is 4.57 Å². The van der Waals surface area contributed by atoms with Crippen molar-refractivity contribution in [2.24, 2.45) is 14.1 Å². The number of fused-ring (bicyclic) bond motifs is 1. The summed E-state index contributed by atoms with van der Waals surface area (Å²) < 4.78 is 4.38. The van der Waals surface area contributed by atoms with Gasteiger partial charge in [0.05, 0.1) is 0 Å². The highest BCUT2D eigenvalue weighted by atomic mass is 15.0. The number of para-hydroxylation sites is 1. The second-order valence-corrected chi connectivity index (χ2v) is 4.34. The first kappa shape index (κ1) is 10.1. The quantitative estimate of drug-likeness (QED) is 0.561. The molecule has 0 aliphatic rings. The number of nitrogens with zero attached hydrogens (tertiary/aromatic N) is 2. The van der Waals surface area contributed by atoms with Crippen LogP contribution in [0.1, 0.15) is 0 Å². The van der Waals surface area contributed by atoms with Gasteiger partial charge in [0, 0.05) is 30.8 Å². The Hall–Kier alpha value is -2.09. The van der Waals surface area contributed by atoms with Crippen LogP contribution in [-0.2, 0) is 14.1 Å². The van der Waals surface area contributed by atoms with Gasteiger partial charge in [0.15, 0.2) is 0 Å². The first-order valence-electron chi connectivity index (χ1n) is 5.77. The first-order chi connectivity index (χ1) is 8.27. The van der Waals surface area contributed by atoms with Crippen LogP contribution in [-0.4, -0.2) is 4.57 Å². The number of hydrogen-bond acceptors (Lipinski definition) is 0. The third-order valence-corrected chi connectivity index (χ3v) is 3.29. The van der Waals surface area contributed by atoms with E-state index in [1.165, 1.54) is 22.3 Å². The molecule has 0 bridgehead atoms. The summed E-state index contributed by atoms with van der Waals surface area (Å²) in [5.74, 6) is 0. The monoisotopic (exact) mass is 223 g/mol. The Bertz CT molecular complexity index is 680. The van der Waals surface area contributed by atoms with Gasteiger partial charge in [-0.15, -0.1) is 0 Å². The molecule has 0 fully saturated rings. The standard InChI is InChI=1S/C15H15N2/c1-16-11-5-8-14(16)15-10-9-12-6-3-4-7-13(12)17(15)2/h3-11H,1-2H3/q+1. The molecule has 17 heavy (non-hydrogen) atoms. The lowest BCUT2D eigenvalue weighted by Gasteiger charge is -2.04. The second-order valence-electron chi connectivity index (χ2n) is 4.34. The van der Waals surface area contributed by atoms with E-state index in [1.807, 2.05) is 0 Å². The van der Waals surface area contributed by atoms with E-state index >= 15 is 0 Å². The molecule has 3 rings (SSSR count). The highest BCUT2D eigenvalue weighted by molar-refractivity contribution is 5.77. The topological polar surface area (TPSA) is 8.81 Å². The molecule has 2 heterocycles. The molecule has 0 radical (unpaired) electrons. The van der Waals surface area contributed by atoms with Gasteiger partial charge in [0.25, 0.3) is 0 Å². The minimum Gasteiger partial charge on any atom is -0.346 e. The minimum absolute atomic E-state index is 1.23. The zero-order valence-electron chi connectivity index (χ0n) is 10.1. The molecule has 1 aromatic carbocycles. The smallest absolute Gasteiger partial charge is 0.229 e. The number of hydrogen-bond donors (Lipinski definition) is 0. The van der Waals surface area contributed by atoms with Crippen molar-refractivity contribution < 1.29 is 4.57 Å². The van der Waals surface area contributed by atoms with Crippen molar-refractivity contribution >= 4 is 10.9 Å². The highest BCUT2D eigenvalue weighted by Gasteiger charge is 2.14. The van der Waals surface area contributed by atoms with Crippen LogP contribution in [0.25, 0.3) is 22.3 Å². The molecular formula is C15H15N2+. The van der Waals surface area contributed by atoms with Crippen LogP contribution in [0, 0.1) is 0 Å². The molecule has 0 atom stereocenters. The summed E-state index contributed by atoms with van der Waals surface area (Å²) in [5.41, 5.74) is 3.72. The average molecular weight is 223 g/mol. The van der Waals surface area contributed by atoms with E-state index < -0.39 is 0 Å². The van der Waals surface area contributed by atoms with Crippen LogP contribution >= 0.6 is 0 Å². The van der Waals surface area contributed by atoms with Crippen molar-refractivity contribution in [1.29, 1.82) is 0 Å². The van der Waals surface area contributed by atoms with Crippen molar-refractivity contribution in [3.05, 3.63) is 54.7 Å². The summed E-state index contributed by atoms with van der Waals surface area (Å²) in [4.78, 5) is 0. The summed E-state index contributed by atoms with van der Waals surface area (Å²) in [6.07, 6.45) is 2.07. The number of pyridine rings is 1. The summed E-state index contributed by atoms with van der Waals surface area (Å²) in [6.45, 7) is 0. The van der Waals surface area contributed by atoms with Crippen molar-refractivity contribution in [3.63, 3.8) is 0 Å². The van der Waals surface area contributed by atoms with Crippen LogP contribution in [0.15, 0.2) is 54.7 Å². The molecule has 2 heteroatoms. The van der Waals surface area contributed by atoms with E-state index in [1.54, 1.807) is 0 Å². The Morgan fingerprint density at radius 3 is 2.53 bits per heavy atom. The highest BCUT2D eigenvalue weighted by Crippen LogP contribution is 2.18. The Morgan fingerprint density at radius 2 is 1.76 bits per heavy atom. The Balaban J connectivity index is 2.32. The third-order valence-electron chi connectivity index (χ3n) is 3.29. The lowest BCUT2D eigenvalue weighted by atomic mass is 10.1. The fraction of sp³-hybridized carbons (Fsp3) is 0.133. The van der Waals surface area contributed by atoms with Crippen molar-refractivity contribution in [2.75, 3.05) is 0 Å². The van der Waals surface area contributed by atoms with Gasteiger partial charge in [-0.05, 0) is 24.3 Å². The summed E-state index contributed by atoms with van der Waals surface area (Å²) in [7, 11) is 4.19. The predicted molar refractivity (Wildman–Crippen MR) is 69.5 cm³/mol. The van der Waals surface area contributed by atoms with Gasteiger partial charge in [0.2, 0.25) is 11.2 Å². The largest absolute Gasteiger partial charge is 0.346 e. The van der Waals surface area contributed by atoms with Gasteiger partial charge in [-0.25, -0.2) is 0 Å². The van der Waals surface area contributed by atoms with Crippen LogP contribution in [0.3, 0.4) is 0 Å². The summed E-state index contributed by atoms with van der Waals surface area (Å²) in [5, 5.41) is 1.27. The van der Waals surface area contributed by atoms with Crippen LogP contribution < -0.4 is 4.57 Å². The maximum Gasteiger partial charge on any atom is 0.229 e.